The van der Waals surface area contributed by atoms with Crippen molar-refractivity contribution in [2.45, 2.75) is 18.8 Å². The summed E-state index contributed by atoms with van der Waals surface area (Å²) in [7, 11) is 1.66. The molecule has 3 heterocycles. The van der Waals surface area contributed by atoms with Gasteiger partial charge in [0.25, 0.3) is 5.56 Å². The average Bonchev–Trinajstić information content (AvgIpc) is 3.04. The van der Waals surface area contributed by atoms with E-state index in [2.05, 4.69) is 44.1 Å². The van der Waals surface area contributed by atoms with Gasteiger partial charge in [-0.1, -0.05) is 12.1 Å². The lowest BCUT2D eigenvalue weighted by Crippen LogP contribution is -2.35. The van der Waals surface area contributed by atoms with Crippen molar-refractivity contribution in [3.63, 3.8) is 0 Å². The third-order valence-corrected chi connectivity index (χ3v) is 6.50. The maximum Gasteiger partial charge on any atom is 0.282 e. The van der Waals surface area contributed by atoms with E-state index in [1.807, 2.05) is 6.07 Å². The second-order valence-electron chi connectivity index (χ2n) is 6.05. The largest absolute Gasteiger partial charge is 0.369 e. The molecule has 0 spiro atoms. The molecule has 5 nitrogen and oxygen atoms in total. The Balaban J connectivity index is 1.52. The van der Waals surface area contributed by atoms with Gasteiger partial charge in [0, 0.05) is 26.1 Å². The number of hydrogen-bond donors (Lipinski definition) is 0. The standard InChI is InChI=1S/C17H17BrN4OS/c1-21-17(23)15(18)13(10-19-21)22-8-6-11(7-9-22)16-20-12-4-2-3-5-14(12)24-16/h2-5,10-11H,6-9H2,1H3. The van der Waals surface area contributed by atoms with Crippen LogP contribution in [0.5, 0.6) is 0 Å². The van der Waals surface area contributed by atoms with Crippen molar-refractivity contribution in [1.82, 2.24) is 14.8 Å². The van der Waals surface area contributed by atoms with Crippen LogP contribution in [-0.4, -0.2) is 27.9 Å². The minimum absolute atomic E-state index is 0.0965. The number of nitrogens with zero attached hydrogens (tertiary/aromatic N) is 4. The van der Waals surface area contributed by atoms with E-state index < -0.39 is 0 Å². The third-order valence-electron chi connectivity index (χ3n) is 4.56. The van der Waals surface area contributed by atoms with Crippen molar-refractivity contribution in [3.05, 3.63) is 50.3 Å². The summed E-state index contributed by atoms with van der Waals surface area (Å²) in [5.41, 5.74) is 1.89. The molecule has 0 N–H and O–H groups in total. The van der Waals surface area contributed by atoms with Crippen LogP contribution in [0.2, 0.25) is 0 Å². The molecule has 1 fully saturated rings. The second kappa shape index (κ2) is 6.29. The van der Waals surface area contributed by atoms with Gasteiger partial charge < -0.3 is 4.90 Å². The molecule has 0 radical (unpaired) electrons. The zero-order chi connectivity index (χ0) is 16.7. The van der Waals surface area contributed by atoms with E-state index in [4.69, 9.17) is 4.98 Å². The predicted molar refractivity (Wildman–Crippen MR) is 101 cm³/mol. The number of aryl methyl sites for hydroxylation is 1. The molecule has 0 saturated carbocycles. The summed E-state index contributed by atoms with van der Waals surface area (Å²) < 4.78 is 3.20. The van der Waals surface area contributed by atoms with E-state index in [1.165, 1.54) is 14.4 Å². The van der Waals surface area contributed by atoms with Crippen LogP contribution in [-0.2, 0) is 7.05 Å². The zero-order valence-electron chi connectivity index (χ0n) is 13.3. The number of anilines is 1. The van der Waals surface area contributed by atoms with Crippen LogP contribution in [0.25, 0.3) is 10.2 Å². The molecule has 0 bridgehead atoms. The highest BCUT2D eigenvalue weighted by Gasteiger charge is 2.25. The quantitative estimate of drug-likeness (QED) is 0.655. The lowest BCUT2D eigenvalue weighted by Gasteiger charge is -2.33. The van der Waals surface area contributed by atoms with Crippen LogP contribution >= 0.6 is 27.3 Å². The van der Waals surface area contributed by atoms with Gasteiger partial charge in [0.05, 0.1) is 27.1 Å². The summed E-state index contributed by atoms with van der Waals surface area (Å²) in [6.07, 6.45) is 3.85. The lowest BCUT2D eigenvalue weighted by atomic mass is 9.97. The molecular weight excluding hydrogens is 388 g/mol. The van der Waals surface area contributed by atoms with Crippen LogP contribution in [0.4, 0.5) is 5.69 Å². The van der Waals surface area contributed by atoms with Crippen LogP contribution in [0.3, 0.4) is 0 Å². The van der Waals surface area contributed by atoms with Crippen LogP contribution < -0.4 is 10.5 Å². The van der Waals surface area contributed by atoms with Gasteiger partial charge in [-0.05, 0) is 40.9 Å². The van der Waals surface area contributed by atoms with Crippen molar-refractivity contribution in [1.29, 1.82) is 0 Å². The molecule has 0 atom stereocenters. The number of halogens is 1. The van der Waals surface area contributed by atoms with E-state index in [9.17, 15) is 4.79 Å². The highest BCUT2D eigenvalue weighted by atomic mass is 79.9. The molecule has 0 amide bonds. The fourth-order valence-electron chi connectivity index (χ4n) is 3.15. The Bertz CT molecular complexity index is 910. The normalized spacial score (nSPS) is 16.0. The Morgan fingerprint density at radius 2 is 2.00 bits per heavy atom. The van der Waals surface area contributed by atoms with E-state index in [0.29, 0.717) is 10.4 Å². The first kappa shape index (κ1) is 15.8. The van der Waals surface area contributed by atoms with Gasteiger partial charge in [0.15, 0.2) is 0 Å². The Hall–Kier alpha value is -1.73. The molecule has 1 saturated heterocycles. The van der Waals surface area contributed by atoms with Crippen molar-refractivity contribution in [3.8, 4) is 0 Å². The SMILES string of the molecule is Cn1ncc(N2CCC(c3nc4ccccc4s3)CC2)c(Br)c1=O. The first-order valence-corrected chi connectivity index (χ1v) is 9.56. The predicted octanol–water partition coefficient (Wildman–Crippen LogP) is 3.54. The number of hydrogen-bond acceptors (Lipinski definition) is 5. The smallest absolute Gasteiger partial charge is 0.282 e. The van der Waals surface area contributed by atoms with Gasteiger partial charge in [-0.3, -0.25) is 4.79 Å². The van der Waals surface area contributed by atoms with Gasteiger partial charge in [-0.25, -0.2) is 9.67 Å². The van der Waals surface area contributed by atoms with Crippen molar-refractivity contribution in [2.24, 2.45) is 7.05 Å². The summed E-state index contributed by atoms with van der Waals surface area (Å²) in [4.78, 5) is 19.1. The Labute approximate surface area is 152 Å². The number of fused-ring (bicyclic) bond motifs is 1. The van der Waals surface area contributed by atoms with Gasteiger partial charge in [0.1, 0.15) is 4.47 Å². The maximum absolute atomic E-state index is 12.0. The number of rotatable bonds is 2. The van der Waals surface area contributed by atoms with Gasteiger partial charge in [0.2, 0.25) is 0 Å². The summed E-state index contributed by atoms with van der Waals surface area (Å²) >= 11 is 5.23. The molecule has 124 valence electrons. The molecular formula is C17H17BrN4OS. The Kier molecular flexibility index (Phi) is 4.14. The van der Waals surface area contributed by atoms with E-state index in [0.717, 1.165) is 37.1 Å². The van der Waals surface area contributed by atoms with Gasteiger partial charge >= 0.3 is 0 Å². The lowest BCUT2D eigenvalue weighted by molar-refractivity contribution is 0.502. The fourth-order valence-corrected chi connectivity index (χ4v) is 4.90. The molecule has 1 aliphatic heterocycles. The van der Waals surface area contributed by atoms with Crippen molar-refractivity contribution in [2.75, 3.05) is 18.0 Å². The van der Waals surface area contributed by atoms with Crippen LogP contribution in [0.15, 0.2) is 39.7 Å². The second-order valence-corrected chi connectivity index (χ2v) is 7.91. The van der Waals surface area contributed by atoms with Crippen molar-refractivity contribution < 1.29 is 0 Å². The summed E-state index contributed by atoms with van der Waals surface area (Å²) in [5.74, 6) is 0.497. The third kappa shape index (κ3) is 2.75. The molecule has 0 aliphatic carbocycles. The highest BCUT2D eigenvalue weighted by Crippen LogP contribution is 2.35. The summed E-state index contributed by atoms with van der Waals surface area (Å²) in [5, 5.41) is 5.38. The highest BCUT2D eigenvalue weighted by molar-refractivity contribution is 9.10. The molecule has 7 heteroatoms. The summed E-state index contributed by atoms with van der Waals surface area (Å²) in [6, 6.07) is 8.31. The van der Waals surface area contributed by atoms with E-state index in [1.54, 1.807) is 24.6 Å². The average molecular weight is 405 g/mol. The summed E-state index contributed by atoms with van der Waals surface area (Å²) in [6.45, 7) is 1.82. The maximum atomic E-state index is 12.0. The number of benzene rings is 1. The van der Waals surface area contributed by atoms with E-state index >= 15 is 0 Å². The monoisotopic (exact) mass is 404 g/mol. The van der Waals surface area contributed by atoms with Crippen LogP contribution in [0.1, 0.15) is 23.8 Å². The number of thiazole rings is 1. The topological polar surface area (TPSA) is 51.0 Å². The first-order valence-electron chi connectivity index (χ1n) is 7.95. The molecule has 1 aliphatic rings. The minimum atomic E-state index is -0.0965. The molecule has 24 heavy (non-hydrogen) atoms. The molecule has 0 unspecified atom stereocenters. The first-order chi connectivity index (χ1) is 11.6. The molecule has 3 aromatic rings. The minimum Gasteiger partial charge on any atom is -0.369 e. The fraction of sp³-hybridized carbons (Fsp3) is 0.353. The van der Waals surface area contributed by atoms with Crippen LogP contribution in [0, 0.1) is 0 Å². The molecule has 4 rings (SSSR count). The zero-order valence-corrected chi connectivity index (χ0v) is 15.7. The Morgan fingerprint density at radius 1 is 1.25 bits per heavy atom. The van der Waals surface area contributed by atoms with E-state index in [-0.39, 0.29) is 5.56 Å². The molecule has 1 aromatic carbocycles. The number of piperidine rings is 1. The van der Waals surface area contributed by atoms with Gasteiger partial charge in [-0.15, -0.1) is 11.3 Å². The van der Waals surface area contributed by atoms with Crippen molar-refractivity contribution >= 4 is 43.2 Å². The van der Waals surface area contributed by atoms with Gasteiger partial charge in [-0.2, -0.15) is 5.10 Å². The number of para-hydroxylation sites is 1. The Morgan fingerprint density at radius 3 is 2.75 bits per heavy atom. The molecule has 2 aromatic heterocycles. The number of aromatic nitrogens is 3.